The molecule has 0 N–H and O–H groups in total. The summed E-state index contributed by atoms with van der Waals surface area (Å²) < 4.78 is 27.1. The number of carbonyl (C=O) groups is 1. The maximum absolute atomic E-state index is 14.0. The maximum Gasteiger partial charge on any atom is 0.256 e. The minimum Gasteiger partial charge on any atom is -0.353 e. The largest absolute Gasteiger partial charge is 0.353 e. The molecular weight excluding hydrogens is 388 g/mol. The smallest absolute Gasteiger partial charge is 0.256 e. The van der Waals surface area contributed by atoms with Crippen molar-refractivity contribution < 1.29 is 13.6 Å². The fourth-order valence-corrected chi connectivity index (χ4v) is 3.41. The number of rotatable bonds is 4. The Hall–Kier alpha value is -3.42. The van der Waals surface area contributed by atoms with Gasteiger partial charge in [0.05, 0.1) is 5.56 Å². The predicted molar refractivity (Wildman–Crippen MR) is 109 cm³/mol. The van der Waals surface area contributed by atoms with Crippen LogP contribution >= 0.6 is 0 Å². The van der Waals surface area contributed by atoms with E-state index in [1.807, 2.05) is 31.2 Å². The van der Waals surface area contributed by atoms with E-state index < -0.39 is 17.5 Å². The lowest BCUT2D eigenvalue weighted by Crippen LogP contribution is -2.49. The topological polar surface area (TPSA) is 62.2 Å². The van der Waals surface area contributed by atoms with Crippen LogP contribution in [0.15, 0.2) is 48.7 Å². The molecule has 0 atom stereocenters. The Morgan fingerprint density at radius 2 is 1.83 bits per heavy atom. The number of amides is 1. The van der Waals surface area contributed by atoms with Gasteiger partial charge >= 0.3 is 0 Å². The lowest BCUT2D eigenvalue weighted by Gasteiger charge is -2.35. The van der Waals surface area contributed by atoms with Gasteiger partial charge in [0.1, 0.15) is 23.1 Å². The van der Waals surface area contributed by atoms with Crippen LogP contribution in [-0.2, 0) is 6.42 Å². The molecule has 4 rings (SSSR count). The molecule has 1 saturated heterocycles. The molecule has 3 aromatic rings. The molecule has 3 heterocycles. The van der Waals surface area contributed by atoms with Crippen LogP contribution in [0.2, 0.25) is 0 Å². The normalized spacial score (nSPS) is 14.1. The molecule has 154 valence electrons. The summed E-state index contributed by atoms with van der Waals surface area (Å²) >= 11 is 0. The van der Waals surface area contributed by atoms with Crippen LogP contribution in [0.3, 0.4) is 0 Å². The minimum absolute atomic E-state index is 0.113. The molecule has 0 unspecified atom stereocenters. The zero-order valence-corrected chi connectivity index (χ0v) is 16.6. The molecule has 8 heteroatoms. The summed E-state index contributed by atoms with van der Waals surface area (Å²) in [6.07, 6.45) is 2.47. The van der Waals surface area contributed by atoms with Crippen molar-refractivity contribution in [2.45, 2.75) is 13.3 Å². The Balaban J connectivity index is 1.50. The van der Waals surface area contributed by atoms with Crippen LogP contribution in [0.4, 0.5) is 14.6 Å². The minimum atomic E-state index is -0.842. The molecule has 1 fully saturated rings. The van der Waals surface area contributed by atoms with Crippen molar-refractivity contribution >= 4 is 11.7 Å². The number of pyridine rings is 1. The summed E-state index contributed by atoms with van der Waals surface area (Å²) in [7, 11) is 0. The number of nitrogens with zero attached hydrogens (tertiary/aromatic N) is 5. The van der Waals surface area contributed by atoms with Crippen molar-refractivity contribution in [1.82, 2.24) is 19.9 Å². The number of hydrogen-bond donors (Lipinski definition) is 0. The lowest BCUT2D eigenvalue weighted by molar-refractivity contribution is 0.0741. The van der Waals surface area contributed by atoms with Crippen LogP contribution in [-0.4, -0.2) is 51.9 Å². The number of piperazine rings is 1. The summed E-state index contributed by atoms with van der Waals surface area (Å²) in [5.41, 5.74) is 1.50. The van der Waals surface area contributed by atoms with Gasteiger partial charge in [-0.25, -0.2) is 18.7 Å². The first-order valence-corrected chi connectivity index (χ1v) is 9.84. The van der Waals surface area contributed by atoms with E-state index in [2.05, 4.69) is 19.9 Å². The molecule has 0 saturated carbocycles. The van der Waals surface area contributed by atoms with E-state index in [0.717, 1.165) is 30.1 Å². The first-order chi connectivity index (χ1) is 14.5. The highest BCUT2D eigenvalue weighted by Crippen LogP contribution is 2.21. The van der Waals surface area contributed by atoms with Crippen LogP contribution in [0.25, 0.3) is 11.5 Å². The first kappa shape index (κ1) is 19.9. The van der Waals surface area contributed by atoms with Crippen molar-refractivity contribution in [2.24, 2.45) is 0 Å². The third-order valence-corrected chi connectivity index (χ3v) is 5.07. The van der Waals surface area contributed by atoms with E-state index in [0.29, 0.717) is 37.7 Å². The monoisotopic (exact) mass is 409 g/mol. The highest BCUT2D eigenvalue weighted by atomic mass is 19.1. The second-order valence-electron chi connectivity index (χ2n) is 7.01. The van der Waals surface area contributed by atoms with Crippen molar-refractivity contribution in [3.05, 3.63) is 71.6 Å². The number of anilines is 1. The second kappa shape index (κ2) is 8.52. The fourth-order valence-electron chi connectivity index (χ4n) is 3.41. The van der Waals surface area contributed by atoms with Crippen LogP contribution < -0.4 is 4.90 Å². The van der Waals surface area contributed by atoms with Gasteiger partial charge in [-0.05, 0) is 30.7 Å². The fraction of sp³-hybridized carbons (Fsp3) is 0.273. The zero-order chi connectivity index (χ0) is 21.1. The maximum atomic E-state index is 14.0. The zero-order valence-electron chi connectivity index (χ0n) is 16.6. The number of aromatic nitrogens is 3. The summed E-state index contributed by atoms with van der Waals surface area (Å²) in [6.45, 7) is 3.97. The van der Waals surface area contributed by atoms with Gasteiger partial charge in [0.25, 0.3) is 5.91 Å². The van der Waals surface area contributed by atoms with E-state index >= 15 is 0 Å². The van der Waals surface area contributed by atoms with Gasteiger partial charge in [0.15, 0.2) is 5.82 Å². The molecule has 1 aromatic carbocycles. The molecule has 0 spiro atoms. The molecule has 2 aromatic heterocycles. The average Bonchev–Trinajstić information content (AvgIpc) is 2.79. The SMILES string of the molecule is CCc1cc(N2CCN(C(=O)c3ccc(F)cc3F)CC2)nc(-c2ccccn2)n1. The number of carbonyl (C=O) groups excluding carboxylic acids is 1. The first-order valence-electron chi connectivity index (χ1n) is 9.84. The van der Waals surface area contributed by atoms with Crippen LogP contribution in [0.5, 0.6) is 0 Å². The third kappa shape index (κ3) is 4.12. The molecule has 30 heavy (non-hydrogen) atoms. The van der Waals surface area contributed by atoms with Gasteiger partial charge in [-0.1, -0.05) is 13.0 Å². The molecule has 1 aliphatic rings. The Morgan fingerprint density at radius 3 is 2.50 bits per heavy atom. The highest BCUT2D eigenvalue weighted by Gasteiger charge is 2.25. The van der Waals surface area contributed by atoms with Gasteiger partial charge < -0.3 is 9.80 Å². The quantitative estimate of drug-likeness (QED) is 0.661. The highest BCUT2D eigenvalue weighted by molar-refractivity contribution is 5.94. The van der Waals surface area contributed by atoms with Gasteiger partial charge in [0, 0.05) is 50.2 Å². The van der Waals surface area contributed by atoms with Crippen LogP contribution in [0, 0.1) is 11.6 Å². The van der Waals surface area contributed by atoms with Crippen molar-refractivity contribution in [1.29, 1.82) is 0 Å². The average molecular weight is 409 g/mol. The summed E-state index contributed by atoms with van der Waals surface area (Å²) in [5, 5.41) is 0. The molecule has 1 aliphatic heterocycles. The molecule has 0 aliphatic carbocycles. The molecule has 0 bridgehead atoms. The van der Waals surface area contributed by atoms with Crippen molar-refractivity contribution in [3.63, 3.8) is 0 Å². The predicted octanol–water partition coefficient (Wildman–Crippen LogP) is 3.34. The number of hydrogen-bond acceptors (Lipinski definition) is 5. The van der Waals surface area contributed by atoms with E-state index in [1.165, 1.54) is 6.07 Å². The molecule has 6 nitrogen and oxygen atoms in total. The summed E-state index contributed by atoms with van der Waals surface area (Å²) in [4.78, 5) is 29.9. The number of benzene rings is 1. The lowest BCUT2D eigenvalue weighted by atomic mass is 10.1. The van der Waals surface area contributed by atoms with Crippen LogP contribution in [0.1, 0.15) is 23.0 Å². The summed E-state index contributed by atoms with van der Waals surface area (Å²) in [5.74, 6) is -0.628. The molecular formula is C22H21F2N5O. The standard InChI is InChI=1S/C22H21F2N5O/c1-2-16-14-20(27-21(26-16)19-5-3-4-8-25-19)28-9-11-29(12-10-28)22(30)17-7-6-15(23)13-18(17)24/h3-8,13-14H,2,9-12H2,1H3. The second-order valence-corrected chi connectivity index (χ2v) is 7.01. The van der Waals surface area contributed by atoms with E-state index in [4.69, 9.17) is 0 Å². The van der Waals surface area contributed by atoms with E-state index in [1.54, 1.807) is 11.1 Å². The van der Waals surface area contributed by atoms with E-state index in [9.17, 15) is 13.6 Å². The molecule has 0 radical (unpaired) electrons. The van der Waals surface area contributed by atoms with Gasteiger partial charge in [-0.15, -0.1) is 0 Å². The van der Waals surface area contributed by atoms with Crippen molar-refractivity contribution in [3.8, 4) is 11.5 Å². The van der Waals surface area contributed by atoms with Gasteiger partial charge in [0.2, 0.25) is 0 Å². The Morgan fingerprint density at radius 1 is 1.03 bits per heavy atom. The summed E-state index contributed by atoms with van der Waals surface area (Å²) in [6, 6.07) is 10.6. The third-order valence-electron chi connectivity index (χ3n) is 5.07. The van der Waals surface area contributed by atoms with Gasteiger partial charge in [-0.2, -0.15) is 0 Å². The van der Waals surface area contributed by atoms with E-state index in [-0.39, 0.29) is 5.56 Å². The number of aryl methyl sites for hydroxylation is 1. The Kier molecular flexibility index (Phi) is 5.65. The number of halogens is 2. The molecule has 1 amide bonds. The Bertz CT molecular complexity index is 1050. The van der Waals surface area contributed by atoms with Gasteiger partial charge in [-0.3, -0.25) is 9.78 Å². The Labute approximate surface area is 173 Å². The van der Waals surface area contributed by atoms with Crippen molar-refractivity contribution in [2.75, 3.05) is 31.1 Å².